The van der Waals surface area contributed by atoms with Crippen LogP contribution in [0.5, 0.6) is 0 Å². The Morgan fingerprint density at radius 3 is 2.55 bits per heavy atom. The molecule has 0 saturated carbocycles. The number of nitrogens with zero attached hydrogens (tertiary/aromatic N) is 1. The summed E-state index contributed by atoms with van der Waals surface area (Å²) < 4.78 is 0. The molecule has 2 heteroatoms. The molecule has 0 aliphatic carbocycles. The molecule has 1 saturated heterocycles. The number of hydrogen-bond donors (Lipinski definition) is 1. The van der Waals surface area contributed by atoms with E-state index >= 15 is 0 Å². The van der Waals surface area contributed by atoms with Crippen molar-refractivity contribution < 1.29 is 0 Å². The molecule has 1 aliphatic rings. The van der Waals surface area contributed by atoms with Crippen molar-refractivity contribution in [2.24, 2.45) is 5.92 Å². The van der Waals surface area contributed by atoms with Gasteiger partial charge >= 0.3 is 0 Å². The van der Waals surface area contributed by atoms with Crippen LogP contribution < -0.4 is 10.2 Å². The molecule has 2 rings (SSSR count). The molecule has 1 fully saturated rings. The molecule has 0 amide bonds. The number of rotatable bonds is 6. The molecule has 0 spiro atoms. The Labute approximate surface area is 124 Å². The summed E-state index contributed by atoms with van der Waals surface area (Å²) in [4.78, 5) is 2.59. The van der Waals surface area contributed by atoms with E-state index in [9.17, 15) is 0 Å². The molecule has 2 nitrogen and oxygen atoms in total. The highest BCUT2D eigenvalue weighted by Gasteiger charge is 2.21. The van der Waals surface area contributed by atoms with Crippen LogP contribution in [0.4, 0.5) is 5.69 Å². The number of anilines is 1. The van der Waals surface area contributed by atoms with Gasteiger partial charge in [0.25, 0.3) is 0 Å². The third kappa shape index (κ3) is 3.76. The summed E-state index contributed by atoms with van der Waals surface area (Å²) in [6, 6.07) is 9.37. The molecule has 1 aliphatic heterocycles. The maximum Gasteiger partial charge on any atom is 0.0414 e. The Morgan fingerprint density at radius 2 is 1.90 bits per heavy atom. The summed E-state index contributed by atoms with van der Waals surface area (Å²) in [7, 11) is 0. The standard InChI is InChI=1S/C18H30N2/c1-4-12-19-15(3)17-8-6-7-9-18(17)20-13-10-16(5-2)11-14-20/h6-9,15-16,19H,4-5,10-14H2,1-3H3. The van der Waals surface area contributed by atoms with Gasteiger partial charge in [-0.2, -0.15) is 0 Å². The van der Waals surface area contributed by atoms with E-state index in [0.717, 1.165) is 12.5 Å². The fourth-order valence-electron chi connectivity index (χ4n) is 3.19. The molecule has 0 aromatic heterocycles. The monoisotopic (exact) mass is 274 g/mol. The lowest BCUT2D eigenvalue weighted by Gasteiger charge is -2.35. The summed E-state index contributed by atoms with van der Waals surface area (Å²) in [5.74, 6) is 0.939. The number of hydrogen-bond acceptors (Lipinski definition) is 2. The van der Waals surface area contributed by atoms with E-state index in [4.69, 9.17) is 0 Å². The van der Waals surface area contributed by atoms with Gasteiger partial charge in [-0.15, -0.1) is 0 Å². The molecule has 1 N–H and O–H groups in total. The first-order chi connectivity index (χ1) is 9.76. The van der Waals surface area contributed by atoms with E-state index in [1.807, 2.05) is 0 Å². The van der Waals surface area contributed by atoms with Crippen LogP contribution in [0.15, 0.2) is 24.3 Å². The molecule has 112 valence electrons. The van der Waals surface area contributed by atoms with Crippen LogP contribution in [-0.4, -0.2) is 19.6 Å². The van der Waals surface area contributed by atoms with Crippen molar-refractivity contribution in [1.82, 2.24) is 5.32 Å². The van der Waals surface area contributed by atoms with Crippen LogP contribution in [0.25, 0.3) is 0 Å². The summed E-state index contributed by atoms with van der Waals surface area (Å²) in [6.07, 6.45) is 5.22. The molecule has 1 aromatic carbocycles. The van der Waals surface area contributed by atoms with Crippen molar-refractivity contribution in [2.75, 3.05) is 24.5 Å². The van der Waals surface area contributed by atoms with Gasteiger partial charge in [0.1, 0.15) is 0 Å². The van der Waals surface area contributed by atoms with E-state index in [2.05, 4.69) is 55.3 Å². The Balaban J connectivity index is 2.08. The van der Waals surface area contributed by atoms with Gasteiger partial charge in [0, 0.05) is 24.8 Å². The summed E-state index contributed by atoms with van der Waals surface area (Å²) in [5.41, 5.74) is 2.90. The van der Waals surface area contributed by atoms with E-state index in [1.54, 1.807) is 0 Å². The Bertz CT molecular complexity index is 394. The Kier molecular flexibility index (Phi) is 5.90. The second-order valence-electron chi connectivity index (χ2n) is 6.07. The van der Waals surface area contributed by atoms with Crippen molar-refractivity contribution >= 4 is 5.69 Å². The molecule has 1 aromatic rings. The minimum Gasteiger partial charge on any atom is -0.371 e. The first-order valence-electron chi connectivity index (χ1n) is 8.33. The van der Waals surface area contributed by atoms with E-state index in [1.165, 1.54) is 50.0 Å². The molecular formula is C18H30N2. The van der Waals surface area contributed by atoms with Gasteiger partial charge in [0.15, 0.2) is 0 Å². The summed E-state index contributed by atoms with van der Waals surface area (Å²) in [5, 5.41) is 3.62. The SMILES string of the molecule is CCCNC(C)c1ccccc1N1CCC(CC)CC1. The lowest BCUT2D eigenvalue weighted by Crippen LogP contribution is -2.34. The normalized spacial score (nSPS) is 18.2. The summed E-state index contributed by atoms with van der Waals surface area (Å²) in [6.45, 7) is 10.4. The molecular weight excluding hydrogens is 244 g/mol. The Hall–Kier alpha value is -1.02. The first kappa shape index (κ1) is 15.4. The van der Waals surface area contributed by atoms with Gasteiger partial charge in [-0.3, -0.25) is 0 Å². The number of nitrogens with one attached hydrogen (secondary N) is 1. The van der Waals surface area contributed by atoms with Crippen LogP contribution in [0.1, 0.15) is 58.1 Å². The quantitative estimate of drug-likeness (QED) is 0.828. The van der Waals surface area contributed by atoms with Crippen LogP contribution >= 0.6 is 0 Å². The molecule has 0 bridgehead atoms. The van der Waals surface area contributed by atoms with Crippen molar-refractivity contribution in [2.45, 2.75) is 52.5 Å². The van der Waals surface area contributed by atoms with Crippen LogP contribution in [0.2, 0.25) is 0 Å². The maximum atomic E-state index is 3.62. The van der Waals surface area contributed by atoms with E-state index < -0.39 is 0 Å². The minimum absolute atomic E-state index is 0.440. The molecule has 1 heterocycles. The largest absolute Gasteiger partial charge is 0.371 e. The predicted octanol–water partition coefficient (Wildman–Crippen LogP) is 4.37. The summed E-state index contributed by atoms with van der Waals surface area (Å²) >= 11 is 0. The maximum absolute atomic E-state index is 3.62. The van der Waals surface area contributed by atoms with Crippen LogP contribution in [0, 0.1) is 5.92 Å². The second-order valence-corrected chi connectivity index (χ2v) is 6.07. The van der Waals surface area contributed by atoms with Crippen molar-refractivity contribution in [3.63, 3.8) is 0 Å². The zero-order chi connectivity index (χ0) is 14.4. The topological polar surface area (TPSA) is 15.3 Å². The highest BCUT2D eigenvalue weighted by molar-refractivity contribution is 5.55. The third-order valence-corrected chi connectivity index (χ3v) is 4.64. The van der Waals surface area contributed by atoms with Gasteiger partial charge in [-0.05, 0) is 50.3 Å². The van der Waals surface area contributed by atoms with Crippen molar-refractivity contribution in [1.29, 1.82) is 0 Å². The van der Waals surface area contributed by atoms with Crippen LogP contribution in [0.3, 0.4) is 0 Å². The predicted molar refractivity (Wildman–Crippen MR) is 88.4 cm³/mol. The molecule has 0 radical (unpaired) electrons. The number of piperidine rings is 1. The van der Waals surface area contributed by atoms with E-state index in [-0.39, 0.29) is 0 Å². The van der Waals surface area contributed by atoms with Gasteiger partial charge in [0.05, 0.1) is 0 Å². The van der Waals surface area contributed by atoms with Gasteiger partial charge < -0.3 is 10.2 Å². The minimum atomic E-state index is 0.440. The lowest BCUT2D eigenvalue weighted by molar-refractivity contribution is 0.394. The lowest BCUT2D eigenvalue weighted by atomic mass is 9.93. The van der Waals surface area contributed by atoms with Crippen molar-refractivity contribution in [3.05, 3.63) is 29.8 Å². The Morgan fingerprint density at radius 1 is 1.20 bits per heavy atom. The molecule has 1 unspecified atom stereocenters. The second kappa shape index (κ2) is 7.68. The zero-order valence-electron chi connectivity index (χ0n) is 13.4. The number of para-hydroxylation sites is 1. The smallest absolute Gasteiger partial charge is 0.0414 e. The number of benzene rings is 1. The van der Waals surface area contributed by atoms with E-state index in [0.29, 0.717) is 6.04 Å². The average molecular weight is 274 g/mol. The highest BCUT2D eigenvalue weighted by Crippen LogP contribution is 2.30. The van der Waals surface area contributed by atoms with Gasteiger partial charge in [-0.1, -0.05) is 38.5 Å². The van der Waals surface area contributed by atoms with Gasteiger partial charge in [0.2, 0.25) is 0 Å². The zero-order valence-corrected chi connectivity index (χ0v) is 13.4. The highest BCUT2D eigenvalue weighted by atomic mass is 15.1. The third-order valence-electron chi connectivity index (χ3n) is 4.64. The molecule has 1 atom stereocenters. The average Bonchev–Trinajstić information content (AvgIpc) is 2.52. The van der Waals surface area contributed by atoms with Crippen LogP contribution in [-0.2, 0) is 0 Å². The van der Waals surface area contributed by atoms with Gasteiger partial charge in [-0.25, -0.2) is 0 Å². The fraction of sp³-hybridized carbons (Fsp3) is 0.667. The first-order valence-corrected chi connectivity index (χ1v) is 8.33. The van der Waals surface area contributed by atoms with Crippen molar-refractivity contribution in [3.8, 4) is 0 Å². The fourth-order valence-corrected chi connectivity index (χ4v) is 3.19. The molecule has 20 heavy (non-hydrogen) atoms.